The van der Waals surface area contributed by atoms with Crippen LogP contribution in [-0.4, -0.2) is 13.2 Å². The van der Waals surface area contributed by atoms with Gasteiger partial charge in [-0.05, 0) is 47.9 Å². The Morgan fingerprint density at radius 1 is 1.26 bits per heavy atom. The van der Waals surface area contributed by atoms with Gasteiger partial charge >= 0.3 is 0 Å². The van der Waals surface area contributed by atoms with Crippen LogP contribution in [0, 0.1) is 0 Å². The number of halogens is 1. The number of benzene rings is 2. The molecule has 1 aliphatic carbocycles. The summed E-state index contributed by atoms with van der Waals surface area (Å²) in [6.07, 6.45) is 3.44. The maximum Gasteiger partial charge on any atom is 0.235 e. The summed E-state index contributed by atoms with van der Waals surface area (Å²) in [4.78, 5) is 14.6. The Labute approximate surface area is 119 Å². The molecule has 0 unspecified atom stereocenters. The van der Waals surface area contributed by atoms with E-state index in [0.29, 0.717) is 0 Å². The molecule has 96 valence electrons. The molecule has 0 amide bonds. The van der Waals surface area contributed by atoms with Crippen molar-refractivity contribution in [1.82, 2.24) is 0 Å². The van der Waals surface area contributed by atoms with Gasteiger partial charge in [-0.2, -0.15) is 4.99 Å². The SMILES string of the molecule is COc1cc2ccc(Br)cc2cc1C1(N=C=O)CC1. The van der Waals surface area contributed by atoms with Gasteiger partial charge in [0.1, 0.15) is 11.3 Å². The number of aliphatic imine (C=N–C) groups is 1. The number of hydrogen-bond acceptors (Lipinski definition) is 3. The number of rotatable bonds is 3. The minimum absolute atomic E-state index is 0.413. The third kappa shape index (κ3) is 2.07. The lowest BCUT2D eigenvalue weighted by Crippen LogP contribution is -2.05. The predicted octanol–water partition coefficient (Wildman–Crippen LogP) is 3.94. The lowest BCUT2D eigenvalue weighted by molar-refractivity contribution is 0.405. The van der Waals surface area contributed by atoms with E-state index in [1.807, 2.05) is 18.2 Å². The molecule has 3 rings (SSSR count). The van der Waals surface area contributed by atoms with Crippen molar-refractivity contribution in [3.63, 3.8) is 0 Å². The summed E-state index contributed by atoms with van der Waals surface area (Å²) < 4.78 is 6.48. The summed E-state index contributed by atoms with van der Waals surface area (Å²) in [5.41, 5.74) is 0.563. The number of carbonyl (C=O) groups excluding carboxylic acids is 1. The van der Waals surface area contributed by atoms with E-state index in [4.69, 9.17) is 4.74 Å². The molecule has 0 radical (unpaired) electrons. The number of isocyanates is 1. The molecule has 1 fully saturated rings. The second-order valence-corrected chi connectivity index (χ2v) is 5.69. The van der Waals surface area contributed by atoms with E-state index in [1.165, 1.54) is 0 Å². The van der Waals surface area contributed by atoms with Crippen LogP contribution in [0.15, 0.2) is 39.8 Å². The largest absolute Gasteiger partial charge is 0.496 e. The minimum Gasteiger partial charge on any atom is -0.496 e. The average molecular weight is 318 g/mol. The molecule has 0 saturated heterocycles. The number of ether oxygens (including phenoxy) is 1. The molecule has 1 saturated carbocycles. The zero-order valence-corrected chi connectivity index (χ0v) is 12.0. The summed E-state index contributed by atoms with van der Waals surface area (Å²) in [5, 5.41) is 2.22. The van der Waals surface area contributed by atoms with Crippen LogP contribution in [0.25, 0.3) is 10.8 Å². The molecule has 0 atom stereocenters. The van der Waals surface area contributed by atoms with E-state index in [2.05, 4.69) is 33.1 Å². The molecular formula is C15H12BrNO2. The van der Waals surface area contributed by atoms with Gasteiger partial charge < -0.3 is 4.74 Å². The van der Waals surface area contributed by atoms with Crippen LogP contribution in [0.4, 0.5) is 0 Å². The number of nitrogens with zero attached hydrogens (tertiary/aromatic N) is 1. The first-order chi connectivity index (χ1) is 9.18. The van der Waals surface area contributed by atoms with Gasteiger partial charge in [0.15, 0.2) is 0 Å². The van der Waals surface area contributed by atoms with Gasteiger partial charge in [-0.25, -0.2) is 4.79 Å². The Kier molecular flexibility index (Phi) is 2.92. The predicted molar refractivity (Wildman–Crippen MR) is 77.2 cm³/mol. The zero-order valence-electron chi connectivity index (χ0n) is 10.4. The second-order valence-electron chi connectivity index (χ2n) is 4.78. The van der Waals surface area contributed by atoms with Crippen LogP contribution in [0.3, 0.4) is 0 Å². The van der Waals surface area contributed by atoms with Crippen LogP contribution in [0.2, 0.25) is 0 Å². The van der Waals surface area contributed by atoms with Crippen LogP contribution in [0.1, 0.15) is 18.4 Å². The molecule has 0 aromatic heterocycles. The third-order valence-corrected chi connectivity index (χ3v) is 4.10. The number of hydrogen-bond donors (Lipinski definition) is 0. The highest BCUT2D eigenvalue weighted by atomic mass is 79.9. The van der Waals surface area contributed by atoms with Gasteiger partial charge in [-0.15, -0.1) is 0 Å². The molecule has 0 bridgehead atoms. The molecule has 0 aliphatic heterocycles. The fourth-order valence-corrected chi connectivity index (χ4v) is 2.81. The molecule has 3 nitrogen and oxygen atoms in total. The van der Waals surface area contributed by atoms with E-state index in [1.54, 1.807) is 13.2 Å². The first-order valence-corrected chi connectivity index (χ1v) is 6.85. The molecule has 0 spiro atoms. The van der Waals surface area contributed by atoms with Crippen molar-refractivity contribution in [3.8, 4) is 5.75 Å². The fourth-order valence-electron chi connectivity index (χ4n) is 2.43. The number of fused-ring (bicyclic) bond motifs is 1. The molecule has 4 heteroatoms. The van der Waals surface area contributed by atoms with Crippen LogP contribution >= 0.6 is 15.9 Å². The van der Waals surface area contributed by atoms with Crippen molar-refractivity contribution in [2.45, 2.75) is 18.4 Å². The van der Waals surface area contributed by atoms with Gasteiger partial charge in [0.2, 0.25) is 6.08 Å². The molecule has 2 aromatic rings. The lowest BCUT2D eigenvalue weighted by atomic mass is 9.99. The van der Waals surface area contributed by atoms with Crippen LogP contribution in [0.5, 0.6) is 5.75 Å². The molecule has 0 N–H and O–H groups in total. The highest BCUT2D eigenvalue weighted by Gasteiger charge is 2.46. The Balaban J connectivity index is 2.25. The Morgan fingerprint density at radius 3 is 2.68 bits per heavy atom. The van der Waals surface area contributed by atoms with E-state index in [9.17, 15) is 4.79 Å². The van der Waals surface area contributed by atoms with Gasteiger partial charge in [0.25, 0.3) is 0 Å². The van der Waals surface area contributed by atoms with E-state index in [0.717, 1.165) is 39.4 Å². The Bertz CT molecular complexity index is 701. The van der Waals surface area contributed by atoms with Gasteiger partial charge in [0, 0.05) is 10.0 Å². The maximum absolute atomic E-state index is 10.6. The summed E-state index contributed by atoms with van der Waals surface area (Å²) >= 11 is 3.47. The van der Waals surface area contributed by atoms with Crippen molar-refractivity contribution >= 4 is 32.8 Å². The monoisotopic (exact) mass is 317 g/mol. The molecule has 0 heterocycles. The van der Waals surface area contributed by atoms with Gasteiger partial charge in [0.05, 0.1) is 7.11 Å². The molecule has 19 heavy (non-hydrogen) atoms. The van der Waals surface area contributed by atoms with Crippen molar-refractivity contribution in [2.75, 3.05) is 7.11 Å². The van der Waals surface area contributed by atoms with E-state index < -0.39 is 5.54 Å². The van der Waals surface area contributed by atoms with Crippen LogP contribution in [-0.2, 0) is 10.3 Å². The second kappa shape index (κ2) is 4.48. The van der Waals surface area contributed by atoms with E-state index >= 15 is 0 Å². The summed E-state index contributed by atoms with van der Waals surface area (Å²) in [6, 6.07) is 10.1. The highest BCUT2D eigenvalue weighted by Crippen LogP contribution is 2.53. The zero-order chi connectivity index (χ0) is 13.5. The average Bonchev–Trinajstić information content (AvgIpc) is 3.18. The summed E-state index contributed by atoms with van der Waals surface area (Å²) in [7, 11) is 1.64. The first kappa shape index (κ1) is 12.4. The van der Waals surface area contributed by atoms with Gasteiger partial charge in [-0.1, -0.05) is 22.0 Å². The van der Waals surface area contributed by atoms with Crippen molar-refractivity contribution in [3.05, 3.63) is 40.4 Å². The Morgan fingerprint density at radius 2 is 2.05 bits per heavy atom. The minimum atomic E-state index is -0.413. The Hall–Kier alpha value is -1.64. The quantitative estimate of drug-likeness (QED) is 0.635. The molecule has 1 aliphatic rings. The molecule has 2 aromatic carbocycles. The maximum atomic E-state index is 10.6. The lowest BCUT2D eigenvalue weighted by Gasteiger charge is -2.15. The fraction of sp³-hybridized carbons (Fsp3) is 0.267. The normalized spacial score (nSPS) is 15.9. The van der Waals surface area contributed by atoms with Gasteiger partial charge in [-0.3, -0.25) is 0 Å². The topological polar surface area (TPSA) is 38.7 Å². The van der Waals surface area contributed by atoms with Crippen LogP contribution < -0.4 is 4.74 Å². The highest BCUT2D eigenvalue weighted by molar-refractivity contribution is 9.10. The van der Waals surface area contributed by atoms with E-state index in [-0.39, 0.29) is 0 Å². The third-order valence-electron chi connectivity index (χ3n) is 3.61. The standard InChI is InChI=1S/C15H12BrNO2/c1-19-14-8-10-2-3-12(16)6-11(10)7-13(14)15(4-5-15)17-9-18/h2-3,6-8H,4-5H2,1H3. The smallest absolute Gasteiger partial charge is 0.235 e. The molecular weight excluding hydrogens is 306 g/mol. The number of methoxy groups -OCH3 is 1. The summed E-state index contributed by atoms with van der Waals surface area (Å²) in [5.74, 6) is 0.784. The van der Waals surface area contributed by atoms with Crippen molar-refractivity contribution in [1.29, 1.82) is 0 Å². The first-order valence-electron chi connectivity index (χ1n) is 6.05. The van der Waals surface area contributed by atoms with Crippen molar-refractivity contribution < 1.29 is 9.53 Å². The van der Waals surface area contributed by atoms with Crippen molar-refractivity contribution in [2.24, 2.45) is 4.99 Å². The summed E-state index contributed by atoms with van der Waals surface area (Å²) in [6.45, 7) is 0.